The average molecular weight is 352 g/mol. The molecule has 0 radical (unpaired) electrons. The standard InChI is InChI=1S/C15H21BrF3N/c1-3-4-5-6-7-14(20-2)11-8-9-13(16)12(10-11)15(17,18)19/h8-10,14,20H,3-7H2,1-2H3. The van der Waals surface area contributed by atoms with Crippen LogP contribution >= 0.6 is 15.9 Å². The highest BCUT2D eigenvalue weighted by molar-refractivity contribution is 9.10. The van der Waals surface area contributed by atoms with Crippen molar-refractivity contribution in [3.05, 3.63) is 33.8 Å². The molecule has 0 aliphatic rings. The van der Waals surface area contributed by atoms with Gasteiger partial charge in [0.1, 0.15) is 0 Å². The van der Waals surface area contributed by atoms with Crippen molar-refractivity contribution in [1.82, 2.24) is 5.32 Å². The van der Waals surface area contributed by atoms with Crippen molar-refractivity contribution < 1.29 is 13.2 Å². The van der Waals surface area contributed by atoms with E-state index >= 15 is 0 Å². The molecule has 0 fully saturated rings. The molecule has 1 aromatic rings. The molecule has 0 amide bonds. The van der Waals surface area contributed by atoms with Gasteiger partial charge in [-0.3, -0.25) is 0 Å². The van der Waals surface area contributed by atoms with Crippen LogP contribution in [0.1, 0.15) is 56.2 Å². The van der Waals surface area contributed by atoms with E-state index in [1.54, 1.807) is 13.1 Å². The molecule has 0 aliphatic heterocycles. The van der Waals surface area contributed by atoms with Crippen LogP contribution in [0, 0.1) is 0 Å². The lowest BCUT2D eigenvalue weighted by molar-refractivity contribution is -0.138. The number of benzene rings is 1. The largest absolute Gasteiger partial charge is 0.417 e. The fourth-order valence-electron chi connectivity index (χ4n) is 2.23. The Morgan fingerprint density at radius 2 is 1.90 bits per heavy atom. The molecule has 1 N–H and O–H groups in total. The summed E-state index contributed by atoms with van der Waals surface area (Å²) in [5, 5.41) is 3.11. The van der Waals surface area contributed by atoms with E-state index in [9.17, 15) is 13.2 Å². The van der Waals surface area contributed by atoms with Gasteiger partial charge in [-0.2, -0.15) is 13.2 Å². The highest BCUT2D eigenvalue weighted by Crippen LogP contribution is 2.36. The molecule has 0 saturated carbocycles. The second-order valence-electron chi connectivity index (χ2n) is 4.93. The number of hydrogen-bond acceptors (Lipinski definition) is 1. The lowest BCUT2D eigenvalue weighted by Gasteiger charge is -2.19. The van der Waals surface area contributed by atoms with Crippen molar-refractivity contribution in [1.29, 1.82) is 0 Å². The summed E-state index contributed by atoms with van der Waals surface area (Å²) in [7, 11) is 1.79. The summed E-state index contributed by atoms with van der Waals surface area (Å²) in [4.78, 5) is 0. The lowest BCUT2D eigenvalue weighted by atomic mass is 9.98. The molecule has 0 saturated heterocycles. The molecule has 0 aromatic heterocycles. The SMILES string of the molecule is CCCCCCC(NC)c1ccc(Br)c(C(F)(F)F)c1. The Labute approximate surface area is 127 Å². The molecule has 20 heavy (non-hydrogen) atoms. The number of nitrogens with one attached hydrogen (secondary N) is 1. The minimum atomic E-state index is -4.32. The first-order valence-corrected chi connectivity index (χ1v) is 7.73. The number of halogens is 4. The van der Waals surface area contributed by atoms with Crippen LogP contribution in [0.3, 0.4) is 0 Å². The van der Waals surface area contributed by atoms with Crippen LogP contribution in [-0.2, 0) is 6.18 Å². The van der Waals surface area contributed by atoms with Gasteiger partial charge in [-0.15, -0.1) is 0 Å². The van der Waals surface area contributed by atoms with Crippen LogP contribution in [0.4, 0.5) is 13.2 Å². The molecule has 1 nitrogen and oxygen atoms in total. The summed E-state index contributed by atoms with van der Waals surface area (Å²) < 4.78 is 38.8. The predicted molar refractivity (Wildman–Crippen MR) is 79.7 cm³/mol. The third-order valence-corrected chi connectivity index (χ3v) is 4.08. The minimum absolute atomic E-state index is 0.0268. The predicted octanol–water partition coefficient (Wildman–Crippen LogP) is 5.70. The monoisotopic (exact) mass is 351 g/mol. The average Bonchev–Trinajstić information content (AvgIpc) is 2.39. The van der Waals surface area contributed by atoms with E-state index in [1.165, 1.54) is 18.6 Å². The van der Waals surface area contributed by atoms with Gasteiger partial charge in [0.2, 0.25) is 0 Å². The maximum atomic E-state index is 12.9. The van der Waals surface area contributed by atoms with Crippen molar-refractivity contribution in [2.45, 2.75) is 51.2 Å². The summed E-state index contributed by atoms with van der Waals surface area (Å²) in [6, 6.07) is 4.45. The van der Waals surface area contributed by atoms with Crippen molar-refractivity contribution in [3.63, 3.8) is 0 Å². The van der Waals surface area contributed by atoms with Gasteiger partial charge in [0.05, 0.1) is 5.56 Å². The second kappa shape index (κ2) is 8.03. The van der Waals surface area contributed by atoms with Crippen molar-refractivity contribution in [2.75, 3.05) is 7.05 Å². The van der Waals surface area contributed by atoms with Crippen LogP contribution in [0.2, 0.25) is 0 Å². The molecule has 0 heterocycles. The van der Waals surface area contributed by atoms with Gasteiger partial charge < -0.3 is 5.32 Å². The Bertz CT molecular complexity index is 418. The zero-order valence-corrected chi connectivity index (χ0v) is 13.4. The van der Waals surface area contributed by atoms with E-state index in [1.807, 2.05) is 0 Å². The lowest BCUT2D eigenvalue weighted by Crippen LogP contribution is -2.17. The molecule has 1 aromatic carbocycles. The van der Waals surface area contributed by atoms with E-state index < -0.39 is 11.7 Å². The van der Waals surface area contributed by atoms with E-state index in [0.717, 1.165) is 25.7 Å². The smallest absolute Gasteiger partial charge is 0.313 e. The molecule has 0 bridgehead atoms. The molecule has 1 rings (SSSR count). The van der Waals surface area contributed by atoms with Crippen molar-refractivity contribution in [3.8, 4) is 0 Å². The second-order valence-corrected chi connectivity index (χ2v) is 5.78. The molecule has 5 heteroatoms. The first-order valence-electron chi connectivity index (χ1n) is 6.94. The van der Waals surface area contributed by atoms with Crippen molar-refractivity contribution >= 4 is 15.9 Å². The first kappa shape index (κ1) is 17.5. The topological polar surface area (TPSA) is 12.0 Å². The van der Waals surface area contributed by atoms with Gasteiger partial charge in [0, 0.05) is 10.5 Å². The zero-order valence-electron chi connectivity index (χ0n) is 11.9. The number of rotatable bonds is 7. The summed E-state index contributed by atoms with van der Waals surface area (Å²) in [5.74, 6) is 0. The first-order chi connectivity index (χ1) is 9.40. The molecule has 1 atom stereocenters. The van der Waals surface area contributed by atoms with Crippen LogP contribution in [0.5, 0.6) is 0 Å². The number of alkyl halides is 3. The molecular formula is C15H21BrF3N. The Morgan fingerprint density at radius 1 is 1.20 bits per heavy atom. The highest BCUT2D eigenvalue weighted by Gasteiger charge is 2.33. The molecule has 0 aliphatic carbocycles. The Balaban J connectivity index is 2.82. The van der Waals surface area contributed by atoms with E-state index in [-0.39, 0.29) is 10.5 Å². The summed E-state index contributed by atoms with van der Waals surface area (Å²) in [6.07, 6.45) is 1.00. The minimum Gasteiger partial charge on any atom is -0.313 e. The third-order valence-electron chi connectivity index (χ3n) is 3.39. The van der Waals surface area contributed by atoms with Crippen LogP contribution in [0.15, 0.2) is 22.7 Å². The summed E-state index contributed by atoms with van der Waals surface area (Å²) >= 11 is 2.97. The van der Waals surface area contributed by atoms with Gasteiger partial charge in [-0.1, -0.05) is 54.6 Å². The highest BCUT2D eigenvalue weighted by atomic mass is 79.9. The van der Waals surface area contributed by atoms with Crippen LogP contribution < -0.4 is 5.32 Å². The third kappa shape index (κ3) is 5.09. The van der Waals surface area contributed by atoms with E-state index in [4.69, 9.17) is 0 Å². The van der Waals surface area contributed by atoms with E-state index in [0.29, 0.717) is 5.56 Å². The Hall–Kier alpha value is -0.550. The van der Waals surface area contributed by atoms with Gasteiger partial charge in [-0.05, 0) is 31.2 Å². The zero-order chi connectivity index (χ0) is 15.2. The molecule has 1 unspecified atom stereocenters. The van der Waals surface area contributed by atoms with Gasteiger partial charge >= 0.3 is 6.18 Å². The molecular weight excluding hydrogens is 331 g/mol. The van der Waals surface area contributed by atoms with Gasteiger partial charge in [0.25, 0.3) is 0 Å². The van der Waals surface area contributed by atoms with Crippen LogP contribution in [0.25, 0.3) is 0 Å². The van der Waals surface area contributed by atoms with Crippen molar-refractivity contribution in [2.24, 2.45) is 0 Å². The van der Waals surface area contributed by atoms with Gasteiger partial charge in [0.15, 0.2) is 0 Å². The Morgan fingerprint density at radius 3 is 2.45 bits per heavy atom. The molecule has 0 spiro atoms. The fraction of sp³-hybridized carbons (Fsp3) is 0.600. The maximum Gasteiger partial charge on any atom is 0.417 e. The van der Waals surface area contributed by atoms with Gasteiger partial charge in [-0.25, -0.2) is 0 Å². The fourth-order valence-corrected chi connectivity index (χ4v) is 2.70. The quantitative estimate of drug-likeness (QED) is 0.621. The number of unbranched alkanes of at least 4 members (excludes halogenated alkanes) is 3. The normalized spacial score (nSPS) is 13.5. The number of hydrogen-bond donors (Lipinski definition) is 1. The van der Waals surface area contributed by atoms with Crippen LogP contribution in [-0.4, -0.2) is 7.05 Å². The van der Waals surface area contributed by atoms with E-state index in [2.05, 4.69) is 28.2 Å². The Kier molecular flexibility index (Phi) is 7.03. The summed E-state index contributed by atoms with van der Waals surface area (Å²) in [5.41, 5.74) is 0.0864. The maximum absolute atomic E-state index is 12.9. The molecule has 114 valence electrons. The summed E-state index contributed by atoms with van der Waals surface area (Å²) in [6.45, 7) is 2.14.